The molecule has 2 amide bonds. The van der Waals surface area contributed by atoms with Crippen molar-refractivity contribution in [1.82, 2.24) is 10.6 Å². The fraction of sp³-hybridized carbons (Fsp3) is 0.500. The summed E-state index contributed by atoms with van der Waals surface area (Å²) >= 11 is 0. The first kappa shape index (κ1) is 30.1. The van der Waals surface area contributed by atoms with Gasteiger partial charge >= 0.3 is 12.1 Å². The van der Waals surface area contributed by atoms with E-state index in [0.29, 0.717) is 0 Å². The lowest BCUT2D eigenvalue weighted by Gasteiger charge is -2.31. The van der Waals surface area contributed by atoms with Gasteiger partial charge in [-0.1, -0.05) is 48.5 Å². The summed E-state index contributed by atoms with van der Waals surface area (Å²) in [5.74, 6) is -2.12. The Morgan fingerprint density at radius 1 is 0.872 bits per heavy atom. The van der Waals surface area contributed by atoms with Gasteiger partial charge in [-0.3, -0.25) is 4.79 Å². The van der Waals surface area contributed by atoms with Crippen molar-refractivity contribution in [2.24, 2.45) is 0 Å². The predicted octanol–water partition coefficient (Wildman–Crippen LogP) is 4.48. The van der Waals surface area contributed by atoms with Crippen LogP contribution in [0.5, 0.6) is 0 Å². The van der Waals surface area contributed by atoms with E-state index in [-0.39, 0.29) is 19.1 Å². The lowest BCUT2D eigenvalue weighted by atomic mass is 9.98. The Labute approximate surface area is 230 Å². The molecule has 0 heterocycles. The molecule has 3 N–H and O–H groups in total. The maximum absolute atomic E-state index is 13.3. The van der Waals surface area contributed by atoms with Gasteiger partial charge < -0.3 is 30.0 Å². The van der Waals surface area contributed by atoms with Crippen molar-refractivity contribution >= 4 is 18.0 Å². The number of carboxylic acids is 1. The summed E-state index contributed by atoms with van der Waals surface area (Å²) in [6.07, 6.45) is -1.59. The van der Waals surface area contributed by atoms with Crippen LogP contribution < -0.4 is 10.6 Å². The average molecular weight is 541 g/mol. The Kier molecular flexibility index (Phi) is 9.40. The van der Waals surface area contributed by atoms with Crippen molar-refractivity contribution < 1.29 is 33.7 Å². The van der Waals surface area contributed by atoms with Crippen LogP contribution in [0.3, 0.4) is 0 Å². The number of fused-ring (bicyclic) bond motifs is 3. The van der Waals surface area contributed by atoms with Crippen LogP contribution >= 0.6 is 0 Å². The number of carbonyl (C=O) groups excluding carboxylic acids is 2. The summed E-state index contributed by atoms with van der Waals surface area (Å²) in [5, 5.41) is 14.7. The van der Waals surface area contributed by atoms with E-state index >= 15 is 0 Å². The van der Waals surface area contributed by atoms with Gasteiger partial charge in [0, 0.05) is 5.92 Å². The number of hydrogen-bond donors (Lipinski definition) is 3. The summed E-state index contributed by atoms with van der Waals surface area (Å²) in [7, 11) is 0. The van der Waals surface area contributed by atoms with Gasteiger partial charge in [-0.25, -0.2) is 9.59 Å². The Bertz CT molecular complexity index is 1140. The quantitative estimate of drug-likeness (QED) is 0.406. The highest BCUT2D eigenvalue weighted by molar-refractivity contribution is 5.89. The van der Waals surface area contributed by atoms with Gasteiger partial charge in [0.05, 0.1) is 23.9 Å². The Balaban J connectivity index is 1.73. The molecule has 212 valence electrons. The highest BCUT2D eigenvalue weighted by Crippen LogP contribution is 2.44. The van der Waals surface area contributed by atoms with Gasteiger partial charge in [0.15, 0.2) is 6.04 Å². The van der Waals surface area contributed by atoms with Gasteiger partial charge in [0.1, 0.15) is 12.6 Å². The molecular formula is C30H40N2O7. The lowest BCUT2D eigenvalue weighted by Crippen LogP contribution is -2.58. The minimum Gasteiger partial charge on any atom is -0.480 e. The van der Waals surface area contributed by atoms with Crippen LogP contribution in [0.2, 0.25) is 0 Å². The van der Waals surface area contributed by atoms with Crippen molar-refractivity contribution in [3.8, 4) is 11.1 Å². The maximum atomic E-state index is 13.3. The first-order chi connectivity index (χ1) is 18.2. The zero-order chi connectivity index (χ0) is 29.0. The molecular weight excluding hydrogens is 500 g/mol. The first-order valence-corrected chi connectivity index (χ1v) is 13.1. The summed E-state index contributed by atoms with van der Waals surface area (Å²) in [6, 6.07) is 13.4. The molecule has 0 saturated heterocycles. The van der Waals surface area contributed by atoms with Crippen LogP contribution in [-0.2, 0) is 23.8 Å². The van der Waals surface area contributed by atoms with E-state index in [0.717, 1.165) is 22.3 Å². The number of carbonyl (C=O) groups is 3. The molecule has 9 nitrogen and oxygen atoms in total. The molecule has 2 aromatic rings. The molecule has 1 aliphatic rings. The van der Waals surface area contributed by atoms with E-state index in [9.17, 15) is 19.5 Å². The topological polar surface area (TPSA) is 123 Å². The third-order valence-corrected chi connectivity index (χ3v) is 6.21. The minimum absolute atomic E-state index is 0.0693. The number of rotatable bonds is 10. The van der Waals surface area contributed by atoms with Crippen LogP contribution in [0.1, 0.15) is 65.5 Å². The summed E-state index contributed by atoms with van der Waals surface area (Å²) in [5.41, 5.74) is 3.11. The number of alkyl carbamates (subject to hydrolysis) is 1. The molecule has 0 aliphatic heterocycles. The van der Waals surface area contributed by atoms with E-state index in [2.05, 4.69) is 10.6 Å². The Morgan fingerprint density at radius 2 is 1.41 bits per heavy atom. The third kappa shape index (κ3) is 8.28. The number of nitrogens with one attached hydrogen (secondary N) is 2. The molecule has 0 radical (unpaired) electrons. The monoisotopic (exact) mass is 540 g/mol. The number of benzene rings is 2. The lowest BCUT2D eigenvalue weighted by molar-refractivity contribution is -0.147. The third-order valence-electron chi connectivity index (χ3n) is 6.21. The summed E-state index contributed by atoms with van der Waals surface area (Å²) in [6.45, 7) is 12.3. The fourth-order valence-corrected chi connectivity index (χ4v) is 4.56. The average Bonchev–Trinajstić information content (AvgIpc) is 3.15. The van der Waals surface area contributed by atoms with E-state index < -0.39 is 47.4 Å². The van der Waals surface area contributed by atoms with Crippen LogP contribution in [-0.4, -0.2) is 65.7 Å². The second-order valence-corrected chi connectivity index (χ2v) is 11.7. The van der Waals surface area contributed by atoms with E-state index in [1.165, 1.54) is 0 Å². The van der Waals surface area contributed by atoms with Crippen molar-refractivity contribution in [1.29, 1.82) is 0 Å². The fourth-order valence-electron chi connectivity index (χ4n) is 4.56. The summed E-state index contributed by atoms with van der Waals surface area (Å²) in [4.78, 5) is 38.0. The van der Waals surface area contributed by atoms with Crippen LogP contribution in [0.4, 0.5) is 4.79 Å². The van der Waals surface area contributed by atoms with Crippen molar-refractivity contribution in [3.05, 3.63) is 59.7 Å². The zero-order valence-corrected chi connectivity index (χ0v) is 23.7. The molecule has 39 heavy (non-hydrogen) atoms. The summed E-state index contributed by atoms with van der Waals surface area (Å²) < 4.78 is 17.1. The van der Waals surface area contributed by atoms with Gasteiger partial charge in [0.25, 0.3) is 0 Å². The Morgan fingerprint density at radius 3 is 1.90 bits per heavy atom. The Hall–Kier alpha value is -3.43. The molecule has 0 spiro atoms. The van der Waals surface area contributed by atoms with Crippen LogP contribution in [0.15, 0.2) is 48.5 Å². The molecule has 0 saturated carbocycles. The molecule has 9 heteroatoms. The first-order valence-electron chi connectivity index (χ1n) is 13.1. The smallest absolute Gasteiger partial charge is 0.407 e. The van der Waals surface area contributed by atoms with Crippen molar-refractivity contribution in [3.63, 3.8) is 0 Å². The molecule has 3 atom stereocenters. The second-order valence-electron chi connectivity index (χ2n) is 11.7. The van der Waals surface area contributed by atoms with Gasteiger partial charge in [-0.2, -0.15) is 0 Å². The van der Waals surface area contributed by atoms with Crippen molar-refractivity contribution in [2.75, 3.05) is 13.2 Å². The highest BCUT2D eigenvalue weighted by atomic mass is 16.6. The van der Waals surface area contributed by atoms with Crippen molar-refractivity contribution in [2.45, 2.75) is 83.8 Å². The normalized spacial score (nSPS) is 15.5. The van der Waals surface area contributed by atoms with E-state index in [4.69, 9.17) is 14.2 Å². The standard InChI is InChI=1S/C30H40N2O7/c1-18(39-30(5,6)7)25(26(33)31-24(27(34)35)17-38-29(2,3)4)32-28(36)37-16-23-21-14-10-8-12-19(21)20-13-9-11-15-22(20)23/h8-15,18,23-25H,16-17H2,1-7H3,(H,31,33)(H,32,36)(H,34,35)/t18-,24+,25+/m1/s1. The molecule has 1 aliphatic carbocycles. The molecule has 0 fully saturated rings. The molecule has 0 bridgehead atoms. The molecule has 0 aromatic heterocycles. The van der Waals surface area contributed by atoms with Gasteiger partial charge in [-0.05, 0) is 70.7 Å². The van der Waals surface area contributed by atoms with Crippen LogP contribution in [0.25, 0.3) is 11.1 Å². The number of hydrogen-bond acceptors (Lipinski definition) is 6. The highest BCUT2D eigenvalue weighted by Gasteiger charge is 2.35. The zero-order valence-electron chi connectivity index (χ0n) is 23.7. The van der Waals surface area contributed by atoms with Crippen LogP contribution in [0, 0.1) is 0 Å². The number of carboxylic acid groups (broad SMARTS) is 1. The maximum Gasteiger partial charge on any atom is 0.407 e. The van der Waals surface area contributed by atoms with Gasteiger partial charge in [0.2, 0.25) is 5.91 Å². The molecule has 3 rings (SSSR count). The largest absolute Gasteiger partial charge is 0.480 e. The SMILES string of the molecule is C[C@@H](OC(C)(C)C)[C@H](NC(=O)OCC1c2ccccc2-c2ccccc21)C(=O)N[C@@H](COC(C)(C)C)C(=O)O. The second kappa shape index (κ2) is 12.2. The van der Waals surface area contributed by atoms with E-state index in [1.807, 2.05) is 69.3 Å². The molecule has 2 aromatic carbocycles. The minimum atomic E-state index is -1.31. The molecule has 0 unspecified atom stereocenters. The number of aliphatic carboxylic acids is 1. The predicted molar refractivity (Wildman–Crippen MR) is 148 cm³/mol. The van der Waals surface area contributed by atoms with Gasteiger partial charge in [-0.15, -0.1) is 0 Å². The van der Waals surface area contributed by atoms with E-state index in [1.54, 1.807) is 27.7 Å². The number of amides is 2. The number of ether oxygens (including phenoxy) is 3.